The summed E-state index contributed by atoms with van der Waals surface area (Å²) in [6, 6.07) is 0. The Balaban J connectivity index is 2.26. The van der Waals surface area contributed by atoms with Crippen LogP contribution in [0.15, 0.2) is 35.6 Å². The number of rotatable bonds is 1. The van der Waals surface area contributed by atoms with Crippen LogP contribution in [0.1, 0.15) is 6.42 Å². The van der Waals surface area contributed by atoms with E-state index in [2.05, 4.69) is 6.08 Å². The number of Topliss-reactive ketones (excluding diaryl/α,β-unsaturated/α-hetero) is 1. The molecule has 2 rings (SSSR count). The molecule has 0 saturated heterocycles. The van der Waals surface area contributed by atoms with Gasteiger partial charge in [0.2, 0.25) is 0 Å². The minimum absolute atomic E-state index is 0.226. The van der Waals surface area contributed by atoms with E-state index in [1.807, 2.05) is 37.3 Å². The van der Waals surface area contributed by atoms with E-state index >= 15 is 0 Å². The van der Waals surface area contributed by atoms with Crippen LogP contribution in [0.2, 0.25) is 0 Å². The van der Waals surface area contributed by atoms with Crippen LogP contribution in [0.4, 0.5) is 0 Å². The van der Waals surface area contributed by atoms with Gasteiger partial charge in [-0.05, 0) is 6.42 Å². The lowest BCUT2D eigenvalue weighted by Gasteiger charge is -2.05. The van der Waals surface area contributed by atoms with E-state index in [1.54, 1.807) is 0 Å². The first kappa shape index (κ1) is 8.30. The lowest BCUT2D eigenvalue weighted by molar-refractivity contribution is -0.111. The molecule has 0 unspecified atom stereocenters. The molecular formula is C11H13NO. The predicted molar refractivity (Wildman–Crippen MR) is 52.1 cm³/mol. The molecule has 0 aromatic carbocycles. The maximum absolute atomic E-state index is 11.7. The molecule has 68 valence electrons. The minimum atomic E-state index is 0.226. The van der Waals surface area contributed by atoms with Gasteiger partial charge in [-0.25, -0.2) is 0 Å². The molecule has 1 atom stereocenters. The molecule has 2 aliphatic carbocycles. The SMILES string of the molecule is CN(C)/C=C1/C[C@H]2C=CC=C2C1=O. The standard InChI is InChI=1S/C11H13NO/c1-12(2)7-9-6-8-4-3-5-10(8)11(9)13/h3-5,7-8H,6H2,1-2H3/b9-7-/t8-/m1/s1. The highest BCUT2D eigenvalue weighted by Crippen LogP contribution is 2.36. The van der Waals surface area contributed by atoms with Crippen LogP contribution in [-0.2, 0) is 4.79 Å². The van der Waals surface area contributed by atoms with E-state index in [9.17, 15) is 4.79 Å². The van der Waals surface area contributed by atoms with E-state index < -0.39 is 0 Å². The Kier molecular flexibility index (Phi) is 1.83. The molecule has 0 aromatic rings. The number of allylic oxidation sites excluding steroid dienone is 5. The molecule has 0 N–H and O–H groups in total. The maximum atomic E-state index is 11.7. The summed E-state index contributed by atoms with van der Waals surface area (Å²) in [6.07, 6.45) is 8.81. The molecule has 0 aliphatic heterocycles. The molecule has 0 bridgehead atoms. The normalized spacial score (nSPS) is 28.2. The van der Waals surface area contributed by atoms with Gasteiger partial charge in [0.05, 0.1) is 0 Å². The summed E-state index contributed by atoms with van der Waals surface area (Å²) < 4.78 is 0. The molecule has 0 amide bonds. The van der Waals surface area contributed by atoms with Crippen molar-refractivity contribution in [2.45, 2.75) is 6.42 Å². The van der Waals surface area contributed by atoms with Crippen molar-refractivity contribution in [2.24, 2.45) is 5.92 Å². The van der Waals surface area contributed by atoms with Crippen molar-refractivity contribution in [2.75, 3.05) is 14.1 Å². The number of hydrogen-bond acceptors (Lipinski definition) is 2. The van der Waals surface area contributed by atoms with Crippen molar-refractivity contribution in [3.63, 3.8) is 0 Å². The van der Waals surface area contributed by atoms with E-state index in [4.69, 9.17) is 0 Å². The highest BCUT2D eigenvalue weighted by molar-refractivity contribution is 6.12. The van der Waals surface area contributed by atoms with Gasteiger partial charge in [0.25, 0.3) is 0 Å². The van der Waals surface area contributed by atoms with E-state index in [0.717, 1.165) is 17.6 Å². The Bertz CT molecular complexity index is 334. The van der Waals surface area contributed by atoms with Crippen LogP contribution in [0.5, 0.6) is 0 Å². The van der Waals surface area contributed by atoms with E-state index in [0.29, 0.717) is 5.92 Å². The van der Waals surface area contributed by atoms with Gasteiger partial charge in [-0.2, -0.15) is 0 Å². The number of fused-ring (bicyclic) bond motifs is 1. The quantitative estimate of drug-likeness (QED) is 0.563. The fraction of sp³-hybridized carbons (Fsp3) is 0.364. The second kappa shape index (κ2) is 2.87. The zero-order valence-electron chi connectivity index (χ0n) is 7.95. The van der Waals surface area contributed by atoms with Gasteiger partial charge in [0, 0.05) is 37.4 Å². The monoisotopic (exact) mass is 175 g/mol. The van der Waals surface area contributed by atoms with Gasteiger partial charge in [-0.1, -0.05) is 18.2 Å². The third kappa shape index (κ3) is 1.32. The van der Waals surface area contributed by atoms with Crippen LogP contribution >= 0.6 is 0 Å². The van der Waals surface area contributed by atoms with Gasteiger partial charge in [-0.15, -0.1) is 0 Å². The number of ketones is 1. The lowest BCUT2D eigenvalue weighted by Crippen LogP contribution is -2.05. The van der Waals surface area contributed by atoms with Gasteiger partial charge >= 0.3 is 0 Å². The summed E-state index contributed by atoms with van der Waals surface area (Å²) in [6.45, 7) is 0. The first-order chi connectivity index (χ1) is 6.18. The summed E-state index contributed by atoms with van der Waals surface area (Å²) in [4.78, 5) is 13.6. The van der Waals surface area contributed by atoms with Crippen molar-refractivity contribution in [3.8, 4) is 0 Å². The average Bonchev–Trinajstić information content (AvgIpc) is 2.56. The van der Waals surface area contributed by atoms with Gasteiger partial charge in [0.1, 0.15) is 0 Å². The van der Waals surface area contributed by atoms with Crippen LogP contribution < -0.4 is 0 Å². The Morgan fingerprint density at radius 2 is 2.31 bits per heavy atom. The number of carbonyl (C=O) groups excluding carboxylic acids is 1. The predicted octanol–water partition coefficient (Wildman–Crippen LogP) is 1.52. The van der Waals surface area contributed by atoms with Gasteiger partial charge in [0.15, 0.2) is 5.78 Å². The van der Waals surface area contributed by atoms with Crippen molar-refractivity contribution < 1.29 is 4.79 Å². The molecule has 0 heterocycles. The molecule has 2 heteroatoms. The summed E-state index contributed by atoms with van der Waals surface area (Å²) in [5, 5.41) is 0. The van der Waals surface area contributed by atoms with E-state index in [-0.39, 0.29) is 5.78 Å². The van der Waals surface area contributed by atoms with Crippen LogP contribution in [0, 0.1) is 5.92 Å². The van der Waals surface area contributed by atoms with Crippen molar-refractivity contribution in [1.82, 2.24) is 4.90 Å². The number of carbonyl (C=O) groups is 1. The van der Waals surface area contributed by atoms with Gasteiger partial charge < -0.3 is 4.90 Å². The third-order valence-electron chi connectivity index (χ3n) is 2.43. The smallest absolute Gasteiger partial charge is 0.187 e. The molecule has 13 heavy (non-hydrogen) atoms. The molecule has 1 fully saturated rings. The highest BCUT2D eigenvalue weighted by atomic mass is 16.1. The second-order valence-corrected chi connectivity index (χ2v) is 3.76. The van der Waals surface area contributed by atoms with Crippen molar-refractivity contribution in [1.29, 1.82) is 0 Å². The molecule has 1 saturated carbocycles. The fourth-order valence-corrected chi connectivity index (χ4v) is 1.88. The zero-order chi connectivity index (χ0) is 9.42. The highest BCUT2D eigenvalue weighted by Gasteiger charge is 2.32. The largest absolute Gasteiger partial charge is 0.383 e. The van der Waals surface area contributed by atoms with Crippen molar-refractivity contribution >= 4 is 5.78 Å². The van der Waals surface area contributed by atoms with Crippen LogP contribution in [0.3, 0.4) is 0 Å². The first-order valence-electron chi connectivity index (χ1n) is 4.48. The summed E-state index contributed by atoms with van der Waals surface area (Å²) in [5.41, 5.74) is 1.90. The Morgan fingerprint density at radius 3 is 2.92 bits per heavy atom. The lowest BCUT2D eigenvalue weighted by atomic mass is 10.1. The summed E-state index contributed by atoms with van der Waals surface area (Å²) in [7, 11) is 3.89. The zero-order valence-corrected chi connectivity index (χ0v) is 7.95. The topological polar surface area (TPSA) is 20.3 Å². The number of nitrogens with zero attached hydrogens (tertiary/aromatic N) is 1. The average molecular weight is 175 g/mol. The van der Waals surface area contributed by atoms with Crippen molar-refractivity contribution in [3.05, 3.63) is 35.6 Å². The fourth-order valence-electron chi connectivity index (χ4n) is 1.88. The molecule has 0 radical (unpaired) electrons. The third-order valence-corrected chi connectivity index (χ3v) is 2.43. The summed E-state index contributed by atoms with van der Waals surface area (Å²) >= 11 is 0. The Labute approximate surface area is 78.2 Å². The summed E-state index contributed by atoms with van der Waals surface area (Å²) in [5.74, 6) is 0.586. The molecule has 0 spiro atoms. The van der Waals surface area contributed by atoms with Crippen LogP contribution in [0.25, 0.3) is 0 Å². The van der Waals surface area contributed by atoms with Crippen LogP contribution in [-0.4, -0.2) is 24.8 Å². The molecular weight excluding hydrogens is 162 g/mol. The van der Waals surface area contributed by atoms with E-state index in [1.165, 1.54) is 0 Å². The maximum Gasteiger partial charge on any atom is 0.187 e. The Hall–Kier alpha value is -1.31. The first-order valence-corrected chi connectivity index (χ1v) is 4.48. The molecule has 2 aliphatic rings. The number of hydrogen-bond donors (Lipinski definition) is 0. The molecule has 0 aromatic heterocycles. The molecule has 2 nitrogen and oxygen atoms in total. The minimum Gasteiger partial charge on any atom is -0.383 e. The van der Waals surface area contributed by atoms with Gasteiger partial charge in [-0.3, -0.25) is 4.79 Å². The second-order valence-electron chi connectivity index (χ2n) is 3.76. The Morgan fingerprint density at radius 1 is 1.54 bits per heavy atom.